The van der Waals surface area contributed by atoms with Gasteiger partial charge in [0.25, 0.3) is 10.2 Å². The van der Waals surface area contributed by atoms with Gasteiger partial charge < -0.3 is 10.0 Å². The molecule has 3 aromatic heterocycles. The first-order chi connectivity index (χ1) is 14.8. The number of aliphatic hydroxyl groups is 1. The average Bonchev–Trinajstić information content (AvgIpc) is 3.07. The van der Waals surface area contributed by atoms with Crippen LogP contribution < -0.4 is 4.90 Å². The largest absolute Gasteiger partial charge is 0.395 e. The van der Waals surface area contributed by atoms with E-state index in [1.165, 1.54) is 20.5 Å². The number of hydrogen-bond donors (Lipinski definition) is 1. The first-order valence-electron chi connectivity index (χ1n) is 10.1. The summed E-state index contributed by atoms with van der Waals surface area (Å²) in [6.45, 7) is 5.80. The molecule has 11 heteroatoms. The lowest BCUT2D eigenvalue weighted by Gasteiger charge is -2.36. The normalized spacial score (nSPS) is 15.8. The molecule has 0 aliphatic carbocycles. The molecule has 1 fully saturated rings. The number of aromatic nitrogens is 3. The molecule has 1 saturated heterocycles. The van der Waals surface area contributed by atoms with Crippen molar-refractivity contribution < 1.29 is 13.5 Å². The van der Waals surface area contributed by atoms with Crippen LogP contribution >= 0.6 is 11.3 Å². The fourth-order valence-corrected chi connectivity index (χ4v) is 6.02. The summed E-state index contributed by atoms with van der Waals surface area (Å²) in [5.41, 5.74) is 2.01. The highest BCUT2D eigenvalue weighted by Crippen LogP contribution is 2.37. The predicted molar refractivity (Wildman–Crippen MR) is 123 cm³/mol. The summed E-state index contributed by atoms with van der Waals surface area (Å²) in [5, 5.41) is 10.1. The molecule has 0 aromatic carbocycles. The molecule has 0 spiro atoms. The highest BCUT2D eigenvalue weighted by atomic mass is 32.2. The molecule has 4 rings (SSSR count). The van der Waals surface area contributed by atoms with Gasteiger partial charge in [-0.3, -0.25) is 4.98 Å². The zero-order valence-corrected chi connectivity index (χ0v) is 19.4. The van der Waals surface area contributed by atoms with Crippen molar-refractivity contribution in [3.63, 3.8) is 0 Å². The smallest absolute Gasteiger partial charge is 0.281 e. The van der Waals surface area contributed by atoms with Gasteiger partial charge in [-0.05, 0) is 31.5 Å². The molecule has 0 unspecified atom stereocenters. The maximum absolute atomic E-state index is 12.7. The summed E-state index contributed by atoms with van der Waals surface area (Å²) < 4.78 is 28.1. The van der Waals surface area contributed by atoms with E-state index in [-0.39, 0.29) is 13.2 Å². The summed E-state index contributed by atoms with van der Waals surface area (Å²) in [7, 11) is -2.10. The maximum atomic E-state index is 12.7. The minimum atomic E-state index is -3.59. The van der Waals surface area contributed by atoms with Gasteiger partial charge in [-0.25, -0.2) is 9.97 Å². The molecule has 0 atom stereocenters. The Morgan fingerprint density at radius 1 is 1.19 bits per heavy atom. The van der Waals surface area contributed by atoms with Gasteiger partial charge in [-0.15, -0.1) is 11.3 Å². The molecule has 0 radical (unpaired) electrons. The van der Waals surface area contributed by atoms with E-state index < -0.39 is 10.2 Å². The summed E-state index contributed by atoms with van der Waals surface area (Å²) >= 11 is 1.65. The number of fused-ring (bicyclic) bond motifs is 1. The third-order valence-corrected chi connectivity index (χ3v) is 8.69. The van der Waals surface area contributed by atoms with Crippen LogP contribution in [0.3, 0.4) is 0 Å². The van der Waals surface area contributed by atoms with Crippen molar-refractivity contribution in [3.05, 3.63) is 35.0 Å². The number of thiophene rings is 1. The Balaban J connectivity index is 1.67. The highest BCUT2D eigenvalue weighted by molar-refractivity contribution is 7.86. The third kappa shape index (κ3) is 4.15. The monoisotopic (exact) mass is 462 g/mol. The van der Waals surface area contributed by atoms with E-state index in [4.69, 9.17) is 15.1 Å². The first-order valence-corrected chi connectivity index (χ1v) is 12.3. The van der Waals surface area contributed by atoms with Crippen molar-refractivity contribution in [1.82, 2.24) is 23.6 Å². The van der Waals surface area contributed by atoms with Crippen LogP contribution in [0, 0.1) is 13.8 Å². The summed E-state index contributed by atoms with van der Waals surface area (Å²) in [6, 6.07) is 3.80. The lowest BCUT2D eigenvalue weighted by atomic mass is 10.2. The SMILES string of the molecule is Cc1sc2nc(-c3cccnc3)nc(N3CCN(S(=O)(=O)N(C)CCO)CC3)c2c1C. The Morgan fingerprint density at radius 3 is 2.58 bits per heavy atom. The van der Waals surface area contributed by atoms with Crippen LogP contribution in [0.5, 0.6) is 0 Å². The van der Waals surface area contributed by atoms with Crippen LogP contribution in [0.15, 0.2) is 24.5 Å². The first kappa shape index (κ1) is 22.0. The highest BCUT2D eigenvalue weighted by Gasteiger charge is 2.31. The molecule has 1 aliphatic rings. The van der Waals surface area contributed by atoms with Crippen LogP contribution in [-0.2, 0) is 10.2 Å². The summed E-state index contributed by atoms with van der Waals surface area (Å²) in [6.07, 6.45) is 3.47. The molecular formula is C20H26N6O3S2. The van der Waals surface area contributed by atoms with Crippen molar-refractivity contribution >= 4 is 37.6 Å². The van der Waals surface area contributed by atoms with Gasteiger partial charge >= 0.3 is 0 Å². The van der Waals surface area contributed by atoms with Crippen LogP contribution in [-0.4, -0.2) is 83.5 Å². The zero-order chi connectivity index (χ0) is 22.2. The molecular weight excluding hydrogens is 436 g/mol. The molecule has 166 valence electrons. The van der Waals surface area contributed by atoms with E-state index in [0.29, 0.717) is 32.0 Å². The number of aliphatic hydroxyl groups excluding tert-OH is 1. The van der Waals surface area contributed by atoms with E-state index in [9.17, 15) is 8.42 Å². The Labute approximate surface area is 186 Å². The molecule has 1 N–H and O–H groups in total. The lowest BCUT2D eigenvalue weighted by molar-refractivity contribution is 0.256. The fraction of sp³-hybridized carbons (Fsp3) is 0.450. The third-order valence-electron chi connectivity index (χ3n) is 5.60. The van der Waals surface area contributed by atoms with E-state index in [1.54, 1.807) is 23.7 Å². The van der Waals surface area contributed by atoms with Crippen molar-refractivity contribution in [3.8, 4) is 11.4 Å². The van der Waals surface area contributed by atoms with Gasteiger partial charge in [0.2, 0.25) is 0 Å². The summed E-state index contributed by atoms with van der Waals surface area (Å²) in [4.78, 5) is 18.1. The van der Waals surface area contributed by atoms with Crippen molar-refractivity contribution in [1.29, 1.82) is 0 Å². The van der Waals surface area contributed by atoms with Gasteiger partial charge in [0.15, 0.2) is 5.82 Å². The predicted octanol–water partition coefficient (Wildman–Crippen LogP) is 1.66. The van der Waals surface area contributed by atoms with Crippen LogP contribution in [0.2, 0.25) is 0 Å². The standard InChI is InChI=1S/C20H26N6O3S2/c1-14-15(2)30-20-17(14)19(22-18(23-20)16-5-4-6-21-13-16)25-7-9-26(10-8-25)31(28,29)24(3)11-12-27/h4-6,13,27H,7-12H2,1-3H3. The Morgan fingerprint density at radius 2 is 1.94 bits per heavy atom. The molecule has 0 saturated carbocycles. The van der Waals surface area contributed by atoms with Crippen molar-refractivity contribution in [2.75, 3.05) is 51.3 Å². The fourth-order valence-electron chi connectivity index (χ4n) is 3.67. The Bertz CT molecular complexity index is 1170. The van der Waals surface area contributed by atoms with Crippen LogP contribution in [0.25, 0.3) is 21.6 Å². The number of aryl methyl sites for hydroxylation is 2. The van der Waals surface area contributed by atoms with Gasteiger partial charge in [-0.2, -0.15) is 17.0 Å². The second-order valence-corrected chi connectivity index (χ2v) is 10.8. The maximum Gasteiger partial charge on any atom is 0.281 e. The van der Waals surface area contributed by atoms with E-state index in [2.05, 4.69) is 23.7 Å². The lowest BCUT2D eigenvalue weighted by Crippen LogP contribution is -2.53. The Hall–Kier alpha value is -2.18. The molecule has 0 amide bonds. The topological polar surface area (TPSA) is 103 Å². The average molecular weight is 463 g/mol. The second kappa shape index (κ2) is 8.75. The van der Waals surface area contributed by atoms with Gasteiger partial charge in [0.1, 0.15) is 10.6 Å². The number of hydrogen-bond acceptors (Lipinski definition) is 8. The number of nitrogens with zero attached hydrogens (tertiary/aromatic N) is 6. The van der Waals surface area contributed by atoms with Gasteiger partial charge in [-0.1, -0.05) is 0 Å². The number of anilines is 1. The minimum absolute atomic E-state index is 0.0803. The van der Waals surface area contributed by atoms with Crippen molar-refractivity contribution in [2.45, 2.75) is 13.8 Å². The van der Waals surface area contributed by atoms with Crippen molar-refractivity contribution in [2.24, 2.45) is 0 Å². The number of piperazine rings is 1. The van der Waals surface area contributed by atoms with E-state index in [0.717, 1.165) is 27.2 Å². The quantitative estimate of drug-likeness (QED) is 0.594. The zero-order valence-electron chi connectivity index (χ0n) is 17.8. The second-order valence-electron chi connectivity index (χ2n) is 7.51. The number of pyridine rings is 1. The molecule has 1 aliphatic heterocycles. The van der Waals surface area contributed by atoms with Gasteiger partial charge in [0.05, 0.1) is 12.0 Å². The van der Waals surface area contributed by atoms with E-state index in [1.807, 2.05) is 12.1 Å². The molecule has 4 heterocycles. The Kier molecular flexibility index (Phi) is 6.22. The van der Waals surface area contributed by atoms with Gasteiger partial charge in [0, 0.05) is 62.6 Å². The van der Waals surface area contributed by atoms with Crippen LogP contribution in [0.4, 0.5) is 5.82 Å². The molecule has 9 nitrogen and oxygen atoms in total. The number of rotatable bonds is 6. The molecule has 31 heavy (non-hydrogen) atoms. The number of likely N-dealkylation sites (N-methyl/N-ethyl adjacent to an activating group) is 1. The van der Waals surface area contributed by atoms with E-state index >= 15 is 0 Å². The minimum Gasteiger partial charge on any atom is -0.395 e. The molecule has 0 bridgehead atoms. The molecule has 3 aromatic rings. The van der Waals surface area contributed by atoms with Crippen LogP contribution in [0.1, 0.15) is 10.4 Å². The summed E-state index contributed by atoms with van der Waals surface area (Å²) in [5.74, 6) is 1.46.